The van der Waals surface area contributed by atoms with Gasteiger partial charge < -0.3 is 5.32 Å². The molecule has 0 aromatic heterocycles. The highest BCUT2D eigenvalue weighted by Gasteiger charge is 2.14. The Morgan fingerprint density at radius 3 is 2.46 bits per heavy atom. The molecule has 1 aliphatic rings. The van der Waals surface area contributed by atoms with Crippen LogP contribution in [0, 0.1) is 5.92 Å². The van der Waals surface area contributed by atoms with Crippen LogP contribution in [0.3, 0.4) is 0 Å². The van der Waals surface area contributed by atoms with Crippen LogP contribution < -0.4 is 5.32 Å². The average molecular weight is 183 g/mol. The third-order valence-corrected chi connectivity index (χ3v) is 3.55. The molecule has 1 rings (SSSR count). The fourth-order valence-corrected chi connectivity index (χ4v) is 2.47. The summed E-state index contributed by atoms with van der Waals surface area (Å²) in [5, 5.41) is 3.39. The van der Waals surface area contributed by atoms with Gasteiger partial charge in [0.15, 0.2) is 0 Å². The van der Waals surface area contributed by atoms with E-state index < -0.39 is 0 Å². The molecule has 0 aromatic rings. The maximum atomic E-state index is 3.39. The molecule has 0 spiro atoms. The lowest BCUT2D eigenvalue weighted by Crippen LogP contribution is -2.25. The van der Waals surface area contributed by atoms with Crippen LogP contribution in [0.5, 0.6) is 0 Å². The van der Waals surface area contributed by atoms with Gasteiger partial charge in [-0.1, -0.05) is 39.0 Å². The average Bonchev–Trinajstić information content (AvgIpc) is 2.21. The summed E-state index contributed by atoms with van der Waals surface area (Å²) in [5.41, 5.74) is 0. The molecule has 1 saturated carbocycles. The highest BCUT2D eigenvalue weighted by atomic mass is 14.9. The third kappa shape index (κ3) is 4.12. The van der Waals surface area contributed by atoms with Crippen molar-refractivity contribution in [1.82, 2.24) is 5.32 Å². The zero-order valence-electron chi connectivity index (χ0n) is 9.31. The summed E-state index contributed by atoms with van der Waals surface area (Å²) in [7, 11) is 2.09. The Morgan fingerprint density at radius 1 is 1.23 bits per heavy atom. The van der Waals surface area contributed by atoms with Gasteiger partial charge in [-0.05, 0) is 32.2 Å². The third-order valence-electron chi connectivity index (χ3n) is 3.55. The molecule has 0 amide bonds. The van der Waals surface area contributed by atoms with Gasteiger partial charge in [-0.15, -0.1) is 0 Å². The first-order valence-electron chi connectivity index (χ1n) is 6.04. The molecule has 1 aliphatic carbocycles. The molecule has 13 heavy (non-hydrogen) atoms. The van der Waals surface area contributed by atoms with E-state index in [0.29, 0.717) is 0 Å². The van der Waals surface area contributed by atoms with Gasteiger partial charge in [-0.3, -0.25) is 0 Å². The van der Waals surface area contributed by atoms with Crippen molar-refractivity contribution in [2.75, 3.05) is 7.05 Å². The maximum absolute atomic E-state index is 3.39. The lowest BCUT2D eigenvalue weighted by Gasteiger charge is -2.23. The number of nitrogens with one attached hydrogen (secondary N) is 1. The van der Waals surface area contributed by atoms with E-state index in [1.54, 1.807) is 0 Å². The molecule has 78 valence electrons. The zero-order valence-corrected chi connectivity index (χ0v) is 9.31. The van der Waals surface area contributed by atoms with Crippen LogP contribution in [0.1, 0.15) is 58.3 Å². The predicted octanol–water partition coefficient (Wildman–Crippen LogP) is 3.34. The molecule has 1 atom stereocenters. The largest absolute Gasteiger partial charge is 0.317 e. The van der Waals surface area contributed by atoms with Crippen molar-refractivity contribution >= 4 is 0 Å². The second-order valence-corrected chi connectivity index (χ2v) is 4.48. The lowest BCUT2D eigenvalue weighted by atomic mass is 9.85. The highest BCUT2D eigenvalue weighted by Crippen LogP contribution is 2.27. The van der Waals surface area contributed by atoms with Gasteiger partial charge in [-0.2, -0.15) is 0 Å². The van der Waals surface area contributed by atoms with Crippen molar-refractivity contribution in [3.05, 3.63) is 0 Å². The molecule has 0 radical (unpaired) electrons. The first-order valence-corrected chi connectivity index (χ1v) is 6.04. The molecule has 0 aliphatic heterocycles. The van der Waals surface area contributed by atoms with Crippen LogP contribution in [0.15, 0.2) is 0 Å². The summed E-state index contributed by atoms with van der Waals surface area (Å²) < 4.78 is 0. The molecule has 0 heterocycles. The Hall–Kier alpha value is -0.0400. The number of hydrogen-bond acceptors (Lipinski definition) is 1. The first kappa shape index (κ1) is 11.0. The van der Waals surface area contributed by atoms with Crippen LogP contribution in [0.4, 0.5) is 0 Å². The number of rotatable bonds is 5. The normalized spacial score (nSPS) is 21.7. The van der Waals surface area contributed by atoms with Crippen LogP contribution in [-0.4, -0.2) is 13.1 Å². The first-order chi connectivity index (χ1) is 6.36. The van der Waals surface area contributed by atoms with E-state index in [2.05, 4.69) is 19.3 Å². The van der Waals surface area contributed by atoms with Gasteiger partial charge in [0.1, 0.15) is 0 Å². The minimum absolute atomic E-state index is 0.766. The fraction of sp³-hybridized carbons (Fsp3) is 1.00. The second kappa shape index (κ2) is 6.42. The smallest absolute Gasteiger partial charge is 0.00615 e. The van der Waals surface area contributed by atoms with Crippen molar-refractivity contribution in [2.24, 2.45) is 5.92 Å². The minimum atomic E-state index is 0.766. The van der Waals surface area contributed by atoms with Crippen molar-refractivity contribution in [3.8, 4) is 0 Å². The number of hydrogen-bond donors (Lipinski definition) is 1. The van der Waals surface area contributed by atoms with E-state index in [0.717, 1.165) is 12.0 Å². The summed E-state index contributed by atoms with van der Waals surface area (Å²) in [6, 6.07) is 0.766. The SMILES string of the molecule is CCC(CCC1CCCCC1)NC. The van der Waals surface area contributed by atoms with Gasteiger partial charge in [0.2, 0.25) is 0 Å². The molecule has 1 unspecified atom stereocenters. The van der Waals surface area contributed by atoms with Gasteiger partial charge in [0.25, 0.3) is 0 Å². The van der Waals surface area contributed by atoms with Crippen molar-refractivity contribution < 1.29 is 0 Å². The van der Waals surface area contributed by atoms with Crippen LogP contribution in [0.2, 0.25) is 0 Å². The topological polar surface area (TPSA) is 12.0 Å². The summed E-state index contributed by atoms with van der Waals surface area (Å²) in [5.74, 6) is 1.05. The summed E-state index contributed by atoms with van der Waals surface area (Å²) in [6.45, 7) is 2.28. The maximum Gasteiger partial charge on any atom is 0.00615 e. The predicted molar refractivity (Wildman–Crippen MR) is 58.9 cm³/mol. The van der Waals surface area contributed by atoms with Crippen LogP contribution in [0.25, 0.3) is 0 Å². The van der Waals surface area contributed by atoms with Gasteiger partial charge in [0.05, 0.1) is 0 Å². The van der Waals surface area contributed by atoms with Gasteiger partial charge >= 0.3 is 0 Å². The van der Waals surface area contributed by atoms with Crippen LogP contribution >= 0.6 is 0 Å². The Balaban J connectivity index is 2.09. The molecule has 1 N–H and O–H groups in total. The quantitative estimate of drug-likeness (QED) is 0.689. The fourth-order valence-electron chi connectivity index (χ4n) is 2.47. The molecule has 0 aromatic carbocycles. The second-order valence-electron chi connectivity index (χ2n) is 4.48. The van der Waals surface area contributed by atoms with Gasteiger partial charge in [-0.25, -0.2) is 0 Å². The van der Waals surface area contributed by atoms with E-state index in [-0.39, 0.29) is 0 Å². The molecular formula is C12H25N. The summed E-state index contributed by atoms with van der Waals surface area (Å²) in [4.78, 5) is 0. The van der Waals surface area contributed by atoms with Crippen molar-refractivity contribution in [3.63, 3.8) is 0 Å². The lowest BCUT2D eigenvalue weighted by molar-refractivity contribution is 0.314. The Kier molecular flexibility index (Phi) is 5.45. The Labute approximate surface area is 83.3 Å². The molecule has 1 fully saturated rings. The molecule has 0 saturated heterocycles. The molecule has 0 bridgehead atoms. The minimum Gasteiger partial charge on any atom is -0.317 e. The zero-order chi connectivity index (χ0) is 9.52. The van der Waals surface area contributed by atoms with E-state index in [1.807, 2.05) is 0 Å². The van der Waals surface area contributed by atoms with E-state index >= 15 is 0 Å². The van der Waals surface area contributed by atoms with Crippen molar-refractivity contribution in [1.29, 1.82) is 0 Å². The Morgan fingerprint density at radius 2 is 1.92 bits per heavy atom. The van der Waals surface area contributed by atoms with E-state index in [9.17, 15) is 0 Å². The standard InChI is InChI=1S/C12H25N/c1-3-12(13-2)10-9-11-7-5-4-6-8-11/h11-13H,3-10H2,1-2H3. The Bertz CT molecular complexity index is 112. The molecule has 1 heteroatoms. The molecule has 1 nitrogen and oxygen atoms in total. The van der Waals surface area contributed by atoms with E-state index in [4.69, 9.17) is 0 Å². The van der Waals surface area contributed by atoms with E-state index in [1.165, 1.54) is 51.4 Å². The van der Waals surface area contributed by atoms with Gasteiger partial charge in [0, 0.05) is 6.04 Å². The monoisotopic (exact) mass is 183 g/mol. The molecular weight excluding hydrogens is 158 g/mol. The summed E-state index contributed by atoms with van der Waals surface area (Å²) in [6.07, 6.45) is 11.6. The summed E-state index contributed by atoms with van der Waals surface area (Å²) >= 11 is 0. The van der Waals surface area contributed by atoms with Crippen LogP contribution in [-0.2, 0) is 0 Å². The highest BCUT2D eigenvalue weighted by molar-refractivity contribution is 4.69. The van der Waals surface area contributed by atoms with Crippen molar-refractivity contribution in [2.45, 2.75) is 64.3 Å².